The van der Waals surface area contributed by atoms with E-state index in [2.05, 4.69) is 5.16 Å². The average molecular weight is 272 g/mol. The van der Waals surface area contributed by atoms with E-state index in [1.54, 1.807) is 18.2 Å². The summed E-state index contributed by atoms with van der Waals surface area (Å²) in [5, 5.41) is 13.6. The third kappa shape index (κ3) is 2.28. The highest BCUT2D eigenvalue weighted by molar-refractivity contribution is 6.35. The van der Waals surface area contributed by atoms with E-state index in [1.807, 2.05) is 0 Å². The van der Waals surface area contributed by atoms with Crippen molar-refractivity contribution in [2.75, 3.05) is 0 Å². The van der Waals surface area contributed by atoms with Crippen molar-refractivity contribution in [2.45, 2.75) is 6.92 Å². The second-order valence-corrected chi connectivity index (χ2v) is 4.30. The van der Waals surface area contributed by atoms with Crippen molar-refractivity contribution in [3.05, 3.63) is 39.6 Å². The van der Waals surface area contributed by atoms with Gasteiger partial charge in [0.05, 0.1) is 0 Å². The molecule has 0 saturated carbocycles. The Morgan fingerprint density at radius 3 is 2.41 bits per heavy atom. The van der Waals surface area contributed by atoms with Crippen molar-refractivity contribution >= 4 is 29.2 Å². The van der Waals surface area contributed by atoms with Crippen LogP contribution >= 0.6 is 23.2 Å². The van der Waals surface area contributed by atoms with E-state index in [-0.39, 0.29) is 17.0 Å². The van der Waals surface area contributed by atoms with Crippen LogP contribution in [0.25, 0.3) is 11.3 Å². The predicted octanol–water partition coefficient (Wildman–Crippen LogP) is 3.66. The van der Waals surface area contributed by atoms with Crippen LogP contribution in [0.15, 0.2) is 22.7 Å². The smallest absolute Gasteiger partial charge is 0.341 e. The minimum atomic E-state index is -1.10. The van der Waals surface area contributed by atoms with Gasteiger partial charge in [0.15, 0.2) is 0 Å². The van der Waals surface area contributed by atoms with Crippen LogP contribution in [-0.4, -0.2) is 16.2 Å². The number of benzene rings is 1. The third-order valence-electron chi connectivity index (χ3n) is 2.21. The van der Waals surface area contributed by atoms with Crippen LogP contribution in [0.1, 0.15) is 16.1 Å². The number of aromatic carboxylic acids is 1. The van der Waals surface area contributed by atoms with E-state index in [9.17, 15) is 4.79 Å². The van der Waals surface area contributed by atoms with Crippen LogP contribution in [-0.2, 0) is 0 Å². The highest BCUT2D eigenvalue weighted by atomic mass is 35.5. The third-order valence-corrected chi connectivity index (χ3v) is 2.65. The van der Waals surface area contributed by atoms with E-state index >= 15 is 0 Å². The number of aryl methyl sites for hydroxylation is 1. The number of carboxylic acids is 1. The topological polar surface area (TPSA) is 63.3 Å². The molecule has 1 aromatic heterocycles. The number of hydrogen-bond acceptors (Lipinski definition) is 3. The van der Waals surface area contributed by atoms with Gasteiger partial charge in [-0.3, -0.25) is 0 Å². The molecule has 88 valence electrons. The average Bonchev–Trinajstić information content (AvgIpc) is 2.58. The number of rotatable bonds is 2. The Morgan fingerprint density at radius 1 is 1.29 bits per heavy atom. The molecule has 0 atom stereocenters. The van der Waals surface area contributed by atoms with E-state index in [0.29, 0.717) is 15.6 Å². The second kappa shape index (κ2) is 4.39. The zero-order valence-corrected chi connectivity index (χ0v) is 10.2. The Hall–Kier alpha value is -1.52. The minimum Gasteiger partial charge on any atom is -0.477 e. The normalized spacial score (nSPS) is 10.5. The molecule has 1 N–H and O–H groups in total. The molecule has 0 aliphatic rings. The molecule has 0 aliphatic heterocycles. The molecule has 0 amide bonds. The van der Waals surface area contributed by atoms with Gasteiger partial charge in [0, 0.05) is 15.6 Å². The molecule has 0 saturated heterocycles. The Balaban J connectivity index is 2.64. The number of nitrogens with zero attached hydrogens (tertiary/aromatic N) is 1. The molecule has 2 rings (SSSR count). The molecule has 1 aromatic carbocycles. The number of carbonyl (C=O) groups is 1. The van der Waals surface area contributed by atoms with Gasteiger partial charge in [-0.1, -0.05) is 28.4 Å². The second-order valence-electron chi connectivity index (χ2n) is 3.43. The SMILES string of the molecule is Cc1onc(-c2cc(Cl)cc(Cl)c2)c1C(=O)O. The fourth-order valence-corrected chi connectivity index (χ4v) is 2.04. The summed E-state index contributed by atoms with van der Waals surface area (Å²) in [6.07, 6.45) is 0. The highest BCUT2D eigenvalue weighted by Crippen LogP contribution is 2.30. The molecule has 0 fully saturated rings. The van der Waals surface area contributed by atoms with Gasteiger partial charge in [-0.25, -0.2) is 4.79 Å². The lowest BCUT2D eigenvalue weighted by atomic mass is 10.1. The van der Waals surface area contributed by atoms with Crippen molar-refractivity contribution in [3.8, 4) is 11.3 Å². The fraction of sp³-hybridized carbons (Fsp3) is 0.0909. The predicted molar refractivity (Wildman–Crippen MR) is 63.7 cm³/mol. The van der Waals surface area contributed by atoms with Crippen molar-refractivity contribution in [2.24, 2.45) is 0 Å². The van der Waals surface area contributed by atoms with E-state index in [1.165, 1.54) is 6.92 Å². The standard InChI is InChI=1S/C11H7Cl2NO3/c1-5-9(11(15)16)10(14-17-5)6-2-7(12)4-8(13)3-6/h2-4H,1H3,(H,15,16). The first-order valence-electron chi connectivity index (χ1n) is 4.65. The molecule has 4 nitrogen and oxygen atoms in total. The van der Waals surface area contributed by atoms with Gasteiger partial charge in [0.25, 0.3) is 0 Å². The lowest BCUT2D eigenvalue weighted by Gasteiger charge is -2.00. The Morgan fingerprint density at radius 2 is 1.88 bits per heavy atom. The van der Waals surface area contributed by atoms with E-state index in [0.717, 1.165) is 0 Å². The van der Waals surface area contributed by atoms with Crippen LogP contribution < -0.4 is 0 Å². The van der Waals surface area contributed by atoms with Gasteiger partial charge < -0.3 is 9.63 Å². The Labute approximate surface area is 107 Å². The van der Waals surface area contributed by atoms with Gasteiger partial charge in [-0.15, -0.1) is 0 Å². The summed E-state index contributed by atoms with van der Waals surface area (Å²) >= 11 is 11.7. The fourth-order valence-electron chi connectivity index (χ4n) is 1.51. The van der Waals surface area contributed by atoms with Crippen molar-refractivity contribution in [3.63, 3.8) is 0 Å². The first-order valence-corrected chi connectivity index (χ1v) is 5.40. The summed E-state index contributed by atoms with van der Waals surface area (Å²) in [4.78, 5) is 11.1. The zero-order chi connectivity index (χ0) is 12.6. The van der Waals surface area contributed by atoms with Crippen LogP contribution in [0.3, 0.4) is 0 Å². The minimum absolute atomic E-state index is 0.0170. The number of halogens is 2. The largest absolute Gasteiger partial charge is 0.477 e. The summed E-state index contributed by atoms with van der Waals surface area (Å²) in [5.41, 5.74) is 0.750. The molecule has 0 aliphatic carbocycles. The van der Waals surface area contributed by atoms with Crippen molar-refractivity contribution in [1.29, 1.82) is 0 Å². The molecule has 6 heteroatoms. The molecule has 0 spiro atoms. The van der Waals surface area contributed by atoms with Crippen LogP contribution in [0.5, 0.6) is 0 Å². The molecule has 17 heavy (non-hydrogen) atoms. The molecular weight excluding hydrogens is 265 g/mol. The summed E-state index contributed by atoms with van der Waals surface area (Å²) in [6.45, 7) is 1.53. The van der Waals surface area contributed by atoms with Crippen LogP contribution in [0, 0.1) is 6.92 Å². The lowest BCUT2D eigenvalue weighted by molar-refractivity contribution is 0.0696. The van der Waals surface area contributed by atoms with Crippen LogP contribution in [0.2, 0.25) is 10.0 Å². The number of hydrogen-bond donors (Lipinski definition) is 1. The highest BCUT2D eigenvalue weighted by Gasteiger charge is 2.21. The molecule has 0 radical (unpaired) electrons. The summed E-state index contributed by atoms with van der Waals surface area (Å²) < 4.78 is 4.87. The van der Waals surface area contributed by atoms with E-state index in [4.69, 9.17) is 32.8 Å². The molecule has 0 unspecified atom stereocenters. The maximum Gasteiger partial charge on any atom is 0.341 e. The molecule has 2 aromatic rings. The van der Waals surface area contributed by atoms with E-state index < -0.39 is 5.97 Å². The molecular formula is C11H7Cl2NO3. The Kier molecular flexibility index (Phi) is 3.09. The summed E-state index contributed by atoms with van der Waals surface area (Å²) in [5.74, 6) is -0.863. The Bertz CT molecular complexity index is 572. The van der Waals surface area contributed by atoms with Crippen molar-refractivity contribution in [1.82, 2.24) is 5.16 Å². The molecule has 1 heterocycles. The number of aromatic nitrogens is 1. The maximum absolute atomic E-state index is 11.1. The quantitative estimate of drug-likeness (QED) is 0.906. The van der Waals surface area contributed by atoms with Gasteiger partial charge in [-0.05, 0) is 25.1 Å². The number of carboxylic acid groups (broad SMARTS) is 1. The zero-order valence-electron chi connectivity index (χ0n) is 8.70. The first-order chi connectivity index (χ1) is 7.99. The summed E-state index contributed by atoms with van der Waals surface area (Å²) in [6, 6.07) is 4.72. The van der Waals surface area contributed by atoms with Crippen molar-refractivity contribution < 1.29 is 14.4 Å². The van der Waals surface area contributed by atoms with Gasteiger partial charge in [0.2, 0.25) is 0 Å². The summed E-state index contributed by atoms with van der Waals surface area (Å²) in [7, 11) is 0. The maximum atomic E-state index is 11.1. The van der Waals surface area contributed by atoms with Gasteiger partial charge in [-0.2, -0.15) is 0 Å². The van der Waals surface area contributed by atoms with Gasteiger partial charge in [0.1, 0.15) is 17.0 Å². The first kappa shape index (κ1) is 12.0. The lowest BCUT2D eigenvalue weighted by Crippen LogP contribution is -1.99. The molecule has 0 bridgehead atoms. The van der Waals surface area contributed by atoms with Crippen LogP contribution in [0.4, 0.5) is 0 Å². The van der Waals surface area contributed by atoms with Gasteiger partial charge >= 0.3 is 5.97 Å². The monoisotopic (exact) mass is 271 g/mol.